The lowest BCUT2D eigenvalue weighted by atomic mass is 9.98. The van der Waals surface area contributed by atoms with Gasteiger partial charge in [0.15, 0.2) is 0 Å². The first kappa shape index (κ1) is 37.2. The van der Waals surface area contributed by atoms with Crippen LogP contribution in [0.5, 0.6) is 0 Å². The van der Waals surface area contributed by atoms with Crippen molar-refractivity contribution in [2.45, 2.75) is 204 Å². The molecule has 0 aromatic rings. The maximum atomic E-state index is 11.6. The maximum Gasteiger partial charge on any atom is 0.334 e. The van der Waals surface area contributed by atoms with Gasteiger partial charge in [-0.25, -0.2) is 4.79 Å². The monoisotopic (exact) mass is 596 g/mol. The minimum atomic E-state index is -0.766. The summed E-state index contributed by atoms with van der Waals surface area (Å²) in [6.45, 7) is 4.04. The molecule has 1 saturated heterocycles. The van der Waals surface area contributed by atoms with Crippen LogP contribution in [0.1, 0.15) is 162 Å². The second-order valence-corrected chi connectivity index (χ2v) is 13.1. The van der Waals surface area contributed by atoms with Gasteiger partial charge in [0.2, 0.25) is 0 Å². The molecular formula is C35H64O7. The van der Waals surface area contributed by atoms with Gasteiger partial charge in [-0.2, -0.15) is 0 Å². The van der Waals surface area contributed by atoms with E-state index in [4.69, 9.17) is 9.47 Å². The van der Waals surface area contributed by atoms with Crippen molar-refractivity contribution in [2.24, 2.45) is 0 Å². The van der Waals surface area contributed by atoms with Crippen molar-refractivity contribution in [3.05, 3.63) is 11.6 Å². The Kier molecular flexibility index (Phi) is 19.9. The zero-order valence-corrected chi connectivity index (χ0v) is 26.9. The van der Waals surface area contributed by atoms with Gasteiger partial charge in [0, 0.05) is 12.0 Å². The first-order chi connectivity index (χ1) is 20.3. The van der Waals surface area contributed by atoms with Crippen LogP contribution in [0.2, 0.25) is 0 Å². The normalized spacial score (nSPS) is 23.5. The van der Waals surface area contributed by atoms with Crippen LogP contribution in [0.3, 0.4) is 0 Å². The molecule has 0 amide bonds. The van der Waals surface area contributed by atoms with Gasteiger partial charge in [0.05, 0.1) is 36.6 Å². The number of hydrogen-bond donors (Lipinski definition) is 4. The van der Waals surface area contributed by atoms with Gasteiger partial charge in [0.25, 0.3) is 0 Å². The molecule has 0 aromatic carbocycles. The molecule has 2 rings (SSSR count). The van der Waals surface area contributed by atoms with Crippen molar-refractivity contribution in [1.29, 1.82) is 0 Å². The van der Waals surface area contributed by atoms with Crippen molar-refractivity contribution < 1.29 is 34.7 Å². The lowest BCUT2D eigenvalue weighted by Crippen LogP contribution is -2.31. The summed E-state index contributed by atoms with van der Waals surface area (Å²) in [4.78, 5) is 11.6. The molecule has 42 heavy (non-hydrogen) atoms. The summed E-state index contributed by atoms with van der Waals surface area (Å²) in [7, 11) is 0. The largest absolute Gasteiger partial charge is 0.455 e. The number of unbranched alkanes of at least 4 members (excludes halogenated alkanes) is 13. The van der Waals surface area contributed by atoms with Crippen LogP contribution in [0.15, 0.2) is 11.6 Å². The predicted octanol–water partition coefficient (Wildman–Crippen LogP) is 7.06. The molecular weight excluding hydrogens is 532 g/mol. The summed E-state index contributed by atoms with van der Waals surface area (Å²) in [5.41, 5.74) is 0.619. The quantitative estimate of drug-likeness (QED) is 0.0624. The minimum absolute atomic E-state index is 0.140. The predicted molar refractivity (Wildman–Crippen MR) is 168 cm³/mol. The molecule has 2 aliphatic rings. The second-order valence-electron chi connectivity index (χ2n) is 13.1. The minimum Gasteiger partial charge on any atom is -0.455 e. The highest BCUT2D eigenvalue weighted by atomic mass is 16.5. The third-order valence-electron chi connectivity index (χ3n) is 9.14. The average molecular weight is 597 g/mol. The van der Waals surface area contributed by atoms with Gasteiger partial charge in [-0.1, -0.05) is 103 Å². The Balaban J connectivity index is 1.38. The third kappa shape index (κ3) is 16.2. The Morgan fingerprint density at radius 3 is 1.93 bits per heavy atom. The number of carbonyl (C=O) groups is 1. The summed E-state index contributed by atoms with van der Waals surface area (Å²) < 4.78 is 11.2. The summed E-state index contributed by atoms with van der Waals surface area (Å²) in [5, 5.41) is 41.3. The van der Waals surface area contributed by atoms with Gasteiger partial charge in [-0.3, -0.25) is 0 Å². The SMILES string of the molecule is CCCCCCCC[C@@H](O)[C@@H](O)CC[C@H](O)[C@H]1CC[C@H](CCCCCCCCCCC[C@H](O)CC2=C[C@H](C)OC2=O)O1. The Morgan fingerprint density at radius 1 is 0.738 bits per heavy atom. The molecule has 7 heteroatoms. The maximum absolute atomic E-state index is 11.6. The van der Waals surface area contributed by atoms with E-state index >= 15 is 0 Å². The fourth-order valence-corrected chi connectivity index (χ4v) is 6.40. The van der Waals surface area contributed by atoms with Crippen LogP contribution in [-0.4, -0.2) is 69.1 Å². The molecule has 0 saturated carbocycles. The number of cyclic esters (lactones) is 1. The number of hydrogen-bond acceptors (Lipinski definition) is 7. The van der Waals surface area contributed by atoms with Crippen LogP contribution >= 0.6 is 0 Å². The van der Waals surface area contributed by atoms with E-state index in [-0.39, 0.29) is 24.3 Å². The lowest BCUT2D eigenvalue weighted by molar-refractivity contribution is -0.139. The molecule has 7 nitrogen and oxygen atoms in total. The van der Waals surface area contributed by atoms with Crippen LogP contribution in [0.4, 0.5) is 0 Å². The van der Waals surface area contributed by atoms with Gasteiger partial charge < -0.3 is 29.9 Å². The van der Waals surface area contributed by atoms with Gasteiger partial charge >= 0.3 is 5.97 Å². The van der Waals surface area contributed by atoms with E-state index in [1.54, 1.807) is 0 Å². The Labute approximate surface area is 256 Å². The molecule has 0 spiro atoms. The molecule has 0 unspecified atom stereocenters. The Bertz CT molecular complexity index is 726. The molecule has 2 heterocycles. The fourth-order valence-electron chi connectivity index (χ4n) is 6.40. The smallest absolute Gasteiger partial charge is 0.334 e. The molecule has 1 fully saturated rings. The molecule has 7 atom stereocenters. The number of ether oxygens (including phenoxy) is 2. The van der Waals surface area contributed by atoms with Crippen molar-refractivity contribution in [1.82, 2.24) is 0 Å². The highest BCUT2D eigenvalue weighted by Gasteiger charge is 2.31. The van der Waals surface area contributed by atoms with Crippen LogP contribution in [0.25, 0.3) is 0 Å². The second kappa shape index (κ2) is 22.5. The highest BCUT2D eigenvalue weighted by Crippen LogP contribution is 2.28. The summed E-state index contributed by atoms with van der Waals surface area (Å²) >= 11 is 0. The van der Waals surface area contributed by atoms with Crippen molar-refractivity contribution in [3.63, 3.8) is 0 Å². The first-order valence-corrected chi connectivity index (χ1v) is 17.6. The van der Waals surface area contributed by atoms with Crippen LogP contribution < -0.4 is 0 Å². The van der Waals surface area contributed by atoms with Gasteiger partial charge in [-0.05, 0) is 57.9 Å². The van der Waals surface area contributed by atoms with Crippen LogP contribution in [-0.2, 0) is 14.3 Å². The Morgan fingerprint density at radius 2 is 1.31 bits per heavy atom. The summed E-state index contributed by atoms with van der Waals surface area (Å²) in [6.07, 6.45) is 22.6. The topological polar surface area (TPSA) is 116 Å². The number of aliphatic hydroxyl groups excluding tert-OH is 4. The van der Waals surface area contributed by atoms with E-state index in [9.17, 15) is 25.2 Å². The molecule has 0 aliphatic carbocycles. The zero-order chi connectivity index (χ0) is 30.6. The summed E-state index contributed by atoms with van der Waals surface area (Å²) in [5.74, 6) is -0.279. The number of aliphatic hydroxyl groups is 4. The molecule has 246 valence electrons. The van der Waals surface area contributed by atoms with Gasteiger partial charge in [-0.15, -0.1) is 0 Å². The van der Waals surface area contributed by atoms with E-state index in [2.05, 4.69) is 6.92 Å². The Hall–Kier alpha value is -0.990. The van der Waals surface area contributed by atoms with Gasteiger partial charge in [0.1, 0.15) is 6.10 Å². The lowest BCUT2D eigenvalue weighted by Gasteiger charge is -2.22. The summed E-state index contributed by atoms with van der Waals surface area (Å²) in [6, 6.07) is 0. The van der Waals surface area contributed by atoms with Crippen molar-refractivity contribution in [3.8, 4) is 0 Å². The van der Waals surface area contributed by atoms with Crippen molar-refractivity contribution in [2.75, 3.05) is 0 Å². The standard InChI is InChI=1S/C35H64O7/c1-3-4-5-6-14-17-20-31(37)32(38)22-23-33(39)34-24-21-30(42-34)19-16-13-11-9-7-8-10-12-15-18-29(36)26-28-25-27(2)41-35(28)40/h25,27,29-34,36-39H,3-24,26H2,1-2H3/t27-,29-,30-,31+,32-,33-,34+/m0/s1. The van der Waals surface area contributed by atoms with E-state index in [0.717, 1.165) is 57.8 Å². The van der Waals surface area contributed by atoms with E-state index in [0.29, 0.717) is 31.3 Å². The average Bonchev–Trinajstić information content (AvgIpc) is 3.57. The molecule has 2 aliphatic heterocycles. The number of carbonyl (C=O) groups excluding carboxylic acids is 1. The molecule has 0 bridgehead atoms. The van der Waals surface area contributed by atoms with E-state index < -0.39 is 24.4 Å². The zero-order valence-electron chi connectivity index (χ0n) is 26.9. The van der Waals surface area contributed by atoms with E-state index in [1.165, 1.54) is 64.2 Å². The van der Waals surface area contributed by atoms with E-state index in [1.807, 2.05) is 13.0 Å². The fraction of sp³-hybridized carbons (Fsp3) is 0.914. The van der Waals surface area contributed by atoms with Crippen LogP contribution in [0, 0.1) is 0 Å². The number of rotatable bonds is 26. The third-order valence-corrected chi connectivity index (χ3v) is 9.14. The first-order valence-electron chi connectivity index (χ1n) is 17.6. The number of esters is 1. The molecule has 0 radical (unpaired) electrons. The van der Waals surface area contributed by atoms with Crippen molar-refractivity contribution >= 4 is 5.97 Å². The molecule has 4 N–H and O–H groups in total. The highest BCUT2D eigenvalue weighted by molar-refractivity contribution is 5.90. The molecule has 0 aromatic heterocycles.